The topological polar surface area (TPSA) is 85.6 Å². The highest BCUT2D eigenvalue weighted by Crippen LogP contribution is 2.26. The number of nitrogens with one attached hydrogen (secondary N) is 1. The molecule has 0 radical (unpaired) electrons. The fourth-order valence-corrected chi connectivity index (χ4v) is 3.91. The molecule has 0 aliphatic heterocycles. The molecule has 7 nitrogen and oxygen atoms in total. The van der Waals surface area contributed by atoms with E-state index in [4.69, 9.17) is 4.74 Å². The number of carbonyl (C=O) groups is 2. The smallest absolute Gasteiger partial charge is 0.250 e. The Kier molecular flexibility index (Phi) is 5.58. The van der Waals surface area contributed by atoms with Gasteiger partial charge in [-0.2, -0.15) is 4.98 Å². The molecular formula is C22H20N4O3S. The summed E-state index contributed by atoms with van der Waals surface area (Å²) >= 11 is 1.45. The number of carbonyl (C=O) groups excluding carboxylic acids is 2. The van der Waals surface area contributed by atoms with Crippen LogP contribution in [0.1, 0.15) is 28.8 Å². The molecule has 4 rings (SSSR count). The predicted octanol–water partition coefficient (Wildman–Crippen LogP) is 4.38. The van der Waals surface area contributed by atoms with Crippen LogP contribution in [0.4, 0.5) is 5.95 Å². The van der Waals surface area contributed by atoms with Gasteiger partial charge in [0.25, 0.3) is 0 Å². The Bertz CT molecular complexity index is 1210. The van der Waals surface area contributed by atoms with Crippen LogP contribution in [0.2, 0.25) is 0 Å². The van der Waals surface area contributed by atoms with Gasteiger partial charge in [0.2, 0.25) is 16.8 Å². The number of nitrogens with zero attached hydrogens (tertiary/aromatic N) is 3. The maximum Gasteiger partial charge on any atom is 0.250 e. The highest BCUT2D eigenvalue weighted by atomic mass is 32.1. The lowest BCUT2D eigenvalue weighted by atomic mass is 10.1. The van der Waals surface area contributed by atoms with E-state index in [2.05, 4.69) is 15.4 Å². The number of methoxy groups -OCH3 is 1. The summed E-state index contributed by atoms with van der Waals surface area (Å²) in [5, 5.41) is 9.07. The fraction of sp³-hybridized carbons (Fsp3) is 0.182. The maximum absolute atomic E-state index is 12.4. The van der Waals surface area contributed by atoms with Crippen molar-refractivity contribution in [2.45, 2.75) is 19.8 Å². The average Bonchev–Trinajstić information content (AvgIpc) is 3.33. The third-order valence-corrected chi connectivity index (χ3v) is 5.48. The molecule has 152 valence electrons. The van der Waals surface area contributed by atoms with E-state index in [1.54, 1.807) is 28.8 Å². The first-order valence-corrected chi connectivity index (χ1v) is 10.3. The molecule has 2 aromatic heterocycles. The molecule has 1 N–H and O–H groups in total. The molecule has 0 atom stereocenters. The van der Waals surface area contributed by atoms with Crippen LogP contribution in [0.5, 0.6) is 5.75 Å². The van der Waals surface area contributed by atoms with Crippen molar-refractivity contribution in [3.63, 3.8) is 0 Å². The van der Waals surface area contributed by atoms with Crippen LogP contribution in [0, 0.1) is 6.92 Å². The molecule has 1 amide bonds. The molecule has 8 heteroatoms. The van der Waals surface area contributed by atoms with Crippen LogP contribution in [-0.4, -0.2) is 33.4 Å². The molecule has 2 heterocycles. The van der Waals surface area contributed by atoms with E-state index in [1.807, 2.05) is 36.6 Å². The predicted molar refractivity (Wildman–Crippen MR) is 116 cm³/mol. The van der Waals surface area contributed by atoms with Gasteiger partial charge in [-0.15, -0.1) is 16.4 Å². The quantitative estimate of drug-likeness (QED) is 0.449. The number of Topliss-reactive ketones (excluding diaryl/α,β-unsaturated/α-hetero) is 1. The maximum atomic E-state index is 12.4. The number of aromatic nitrogens is 3. The Morgan fingerprint density at radius 3 is 2.63 bits per heavy atom. The van der Waals surface area contributed by atoms with Gasteiger partial charge in [0.1, 0.15) is 5.75 Å². The molecule has 30 heavy (non-hydrogen) atoms. The minimum absolute atomic E-state index is 0.0363. The number of ketones is 1. The lowest BCUT2D eigenvalue weighted by molar-refractivity contribution is -0.116. The Balaban J connectivity index is 1.42. The van der Waals surface area contributed by atoms with E-state index < -0.39 is 0 Å². The van der Waals surface area contributed by atoms with Crippen molar-refractivity contribution in [2.24, 2.45) is 0 Å². The van der Waals surface area contributed by atoms with Gasteiger partial charge in [0.05, 0.1) is 18.4 Å². The van der Waals surface area contributed by atoms with Crippen LogP contribution in [0.25, 0.3) is 16.2 Å². The number of ether oxygens (including phenoxy) is 1. The Labute approximate surface area is 177 Å². The summed E-state index contributed by atoms with van der Waals surface area (Å²) in [7, 11) is 1.51. The largest absolute Gasteiger partial charge is 0.496 e. The van der Waals surface area contributed by atoms with E-state index >= 15 is 0 Å². The number of hydrogen-bond acceptors (Lipinski definition) is 6. The van der Waals surface area contributed by atoms with Crippen molar-refractivity contribution in [3.05, 3.63) is 65.0 Å². The van der Waals surface area contributed by atoms with Gasteiger partial charge in [-0.25, -0.2) is 4.52 Å². The number of aryl methyl sites for hydroxylation is 1. The first-order chi connectivity index (χ1) is 14.5. The van der Waals surface area contributed by atoms with Gasteiger partial charge < -0.3 is 4.74 Å². The van der Waals surface area contributed by atoms with Crippen LogP contribution >= 0.6 is 11.3 Å². The van der Waals surface area contributed by atoms with Crippen molar-refractivity contribution >= 4 is 33.9 Å². The monoisotopic (exact) mass is 420 g/mol. The molecular weight excluding hydrogens is 400 g/mol. The van der Waals surface area contributed by atoms with Crippen LogP contribution in [0.3, 0.4) is 0 Å². The zero-order valence-corrected chi connectivity index (χ0v) is 17.4. The van der Waals surface area contributed by atoms with E-state index in [9.17, 15) is 9.59 Å². The number of anilines is 1. The Hall–Kier alpha value is -3.52. The fourth-order valence-electron chi connectivity index (χ4n) is 3.08. The molecule has 0 saturated heterocycles. The van der Waals surface area contributed by atoms with E-state index in [-0.39, 0.29) is 30.5 Å². The lowest BCUT2D eigenvalue weighted by Crippen LogP contribution is -2.15. The Morgan fingerprint density at radius 1 is 1.10 bits per heavy atom. The summed E-state index contributed by atoms with van der Waals surface area (Å²) in [5.74, 6) is 0.268. The Morgan fingerprint density at radius 2 is 1.87 bits per heavy atom. The second kappa shape index (κ2) is 8.46. The van der Waals surface area contributed by atoms with Crippen LogP contribution < -0.4 is 10.1 Å². The second-order valence-electron chi connectivity index (χ2n) is 6.79. The second-order valence-corrected chi connectivity index (χ2v) is 7.62. The summed E-state index contributed by atoms with van der Waals surface area (Å²) in [4.78, 5) is 29.8. The normalized spacial score (nSPS) is 10.9. The number of benzene rings is 2. The number of rotatable bonds is 7. The number of para-hydroxylation sites is 1. The van der Waals surface area contributed by atoms with E-state index in [1.165, 1.54) is 24.0 Å². The van der Waals surface area contributed by atoms with Crippen molar-refractivity contribution in [2.75, 3.05) is 12.4 Å². The molecule has 0 spiro atoms. The number of hydrogen-bond donors (Lipinski definition) is 1. The van der Waals surface area contributed by atoms with Crippen molar-refractivity contribution in [1.29, 1.82) is 0 Å². The molecule has 4 aromatic rings. The van der Waals surface area contributed by atoms with Gasteiger partial charge in [-0.3, -0.25) is 14.9 Å². The molecule has 0 fully saturated rings. The first-order valence-electron chi connectivity index (χ1n) is 9.42. The highest BCUT2D eigenvalue weighted by molar-refractivity contribution is 7.15. The van der Waals surface area contributed by atoms with Crippen molar-refractivity contribution in [1.82, 2.24) is 14.6 Å². The standard InChI is InChI=1S/C22H20N4O3S/c1-14-7-9-15(10-8-14)17-13-30-22-24-21(25-26(17)22)23-20(28)12-11-18(27)16-5-3-4-6-19(16)29-2/h3-10,13H,11-12H2,1-2H3,(H,23,25,28). The zero-order valence-electron chi connectivity index (χ0n) is 16.6. The third-order valence-electron chi connectivity index (χ3n) is 4.67. The summed E-state index contributed by atoms with van der Waals surface area (Å²) < 4.78 is 6.92. The first kappa shape index (κ1) is 19.8. The molecule has 0 aliphatic rings. The number of amides is 1. The molecule has 0 unspecified atom stereocenters. The van der Waals surface area contributed by atoms with Gasteiger partial charge >= 0.3 is 0 Å². The minimum Gasteiger partial charge on any atom is -0.496 e. The van der Waals surface area contributed by atoms with E-state index in [0.29, 0.717) is 16.3 Å². The van der Waals surface area contributed by atoms with Gasteiger partial charge in [0.15, 0.2) is 5.78 Å². The molecule has 0 aliphatic carbocycles. The van der Waals surface area contributed by atoms with Crippen molar-refractivity contribution < 1.29 is 14.3 Å². The summed E-state index contributed by atoms with van der Waals surface area (Å²) in [5.41, 5.74) is 3.59. The summed E-state index contributed by atoms with van der Waals surface area (Å²) in [6.07, 6.45) is 0.109. The third kappa shape index (κ3) is 4.08. The molecule has 2 aromatic carbocycles. The van der Waals surface area contributed by atoms with Crippen LogP contribution in [0.15, 0.2) is 53.9 Å². The van der Waals surface area contributed by atoms with Crippen molar-refractivity contribution in [3.8, 4) is 17.0 Å². The number of thiazole rings is 1. The zero-order chi connectivity index (χ0) is 21.1. The lowest BCUT2D eigenvalue weighted by Gasteiger charge is -2.06. The average molecular weight is 420 g/mol. The van der Waals surface area contributed by atoms with Gasteiger partial charge in [-0.05, 0) is 19.1 Å². The summed E-state index contributed by atoms with van der Waals surface area (Å²) in [6.45, 7) is 2.04. The van der Waals surface area contributed by atoms with Crippen LogP contribution in [-0.2, 0) is 4.79 Å². The minimum atomic E-state index is -0.312. The highest BCUT2D eigenvalue weighted by Gasteiger charge is 2.16. The number of fused-ring (bicyclic) bond motifs is 1. The molecule has 0 saturated carbocycles. The molecule has 0 bridgehead atoms. The summed E-state index contributed by atoms with van der Waals surface area (Å²) in [6, 6.07) is 15.1. The SMILES string of the molecule is COc1ccccc1C(=O)CCC(=O)Nc1nc2scc(-c3ccc(C)cc3)n2n1. The van der Waals surface area contributed by atoms with Gasteiger partial charge in [-0.1, -0.05) is 42.0 Å². The van der Waals surface area contributed by atoms with Gasteiger partial charge in [0, 0.05) is 23.8 Å². The van der Waals surface area contributed by atoms with E-state index in [0.717, 1.165) is 11.3 Å².